The molecule has 0 aliphatic carbocycles. The number of rotatable bonds is 4. The minimum atomic E-state index is 0.391. The number of aromatic nitrogens is 5. The topological polar surface area (TPSA) is 48.5 Å². The van der Waals surface area contributed by atoms with Gasteiger partial charge in [0.15, 0.2) is 0 Å². The molecule has 16 heavy (non-hydrogen) atoms. The molecule has 0 saturated heterocycles. The summed E-state index contributed by atoms with van der Waals surface area (Å²) >= 11 is 3.34. The molecule has 6 heteroatoms. The number of hydrogen-bond acceptors (Lipinski definition) is 3. The zero-order chi connectivity index (χ0) is 11.5. The third-order valence-electron chi connectivity index (χ3n) is 2.24. The van der Waals surface area contributed by atoms with Gasteiger partial charge in [0.1, 0.15) is 0 Å². The molecule has 0 bridgehead atoms. The van der Waals surface area contributed by atoms with Crippen LogP contribution >= 0.6 is 15.9 Å². The molecule has 2 aromatic rings. The number of halogens is 1. The van der Waals surface area contributed by atoms with Gasteiger partial charge >= 0.3 is 0 Å². The van der Waals surface area contributed by atoms with E-state index in [1.54, 1.807) is 4.68 Å². The predicted octanol–water partition coefficient (Wildman–Crippen LogP) is 2.00. The highest BCUT2D eigenvalue weighted by molar-refractivity contribution is 9.08. The highest BCUT2D eigenvalue weighted by atomic mass is 79.9. The van der Waals surface area contributed by atoms with Crippen LogP contribution in [-0.2, 0) is 11.9 Å². The minimum Gasteiger partial charge on any atom is -0.270 e. The lowest BCUT2D eigenvalue weighted by atomic mass is 10.4. The quantitative estimate of drug-likeness (QED) is 0.807. The van der Waals surface area contributed by atoms with Crippen LogP contribution in [0.3, 0.4) is 0 Å². The molecule has 2 aromatic heterocycles. The summed E-state index contributed by atoms with van der Waals surface area (Å²) in [6, 6.07) is 2.40. The van der Waals surface area contributed by atoms with E-state index in [1.165, 1.54) is 0 Å². The molecular formula is C10H14BrN5. The summed E-state index contributed by atoms with van der Waals surface area (Å²) in [7, 11) is 0. The summed E-state index contributed by atoms with van der Waals surface area (Å²) < 4.78 is 3.74. The molecular weight excluding hydrogens is 270 g/mol. The highest BCUT2D eigenvalue weighted by Gasteiger charge is 2.04. The van der Waals surface area contributed by atoms with Crippen molar-refractivity contribution in [2.45, 2.75) is 31.8 Å². The Kier molecular flexibility index (Phi) is 3.38. The Hall–Kier alpha value is -1.17. The van der Waals surface area contributed by atoms with Gasteiger partial charge in [-0.2, -0.15) is 5.10 Å². The van der Waals surface area contributed by atoms with Crippen LogP contribution < -0.4 is 0 Å². The van der Waals surface area contributed by atoms with Crippen molar-refractivity contribution in [3.63, 3.8) is 0 Å². The van der Waals surface area contributed by atoms with E-state index in [9.17, 15) is 0 Å². The largest absolute Gasteiger partial charge is 0.270 e. The Morgan fingerprint density at radius 3 is 2.75 bits per heavy atom. The average molecular weight is 284 g/mol. The first-order valence-corrected chi connectivity index (χ1v) is 6.30. The van der Waals surface area contributed by atoms with E-state index in [1.807, 2.05) is 23.1 Å². The van der Waals surface area contributed by atoms with Crippen molar-refractivity contribution in [2.75, 3.05) is 0 Å². The highest BCUT2D eigenvalue weighted by Crippen LogP contribution is 2.06. The molecule has 0 aliphatic heterocycles. The molecule has 0 amide bonds. The molecule has 0 fully saturated rings. The summed E-state index contributed by atoms with van der Waals surface area (Å²) in [5, 5.41) is 13.2. The fourth-order valence-corrected chi connectivity index (χ4v) is 1.65. The van der Waals surface area contributed by atoms with E-state index in [-0.39, 0.29) is 0 Å². The van der Waals surface area contributed by atoms with Crippen molar-refractivity contribution < 1.29 is 0 Å². The summed E-state index contributed by atoms with van der Waals surface area (Å²) in [6.45, 7) is 4.88. The standard InChI is InChI=1S/C10H14BrN5/c1-8(2)16-4-3-9(13-16)6-15-7-10(5-11)12-14-15/h3-4,7-8H,5-6H2,1-2H3. The van der Waals surface area contributed by atoms with Crippen LogP contribution in [0.25, 0.3) is 0 Å². The molecule has 0 atom stereocenters. The fourth-order valence-electron chi connectivity index (χ4n) is 1.39. The van der Waals surface area contributed by atoms with Crippen molar-refractivity contribution in [3.8, 4) is 0 Å². The molecule has 2 rings (SSSR count). The minimum absolute atomic E-state index is 0.391. The molecule has 0 saturated carbocycles. The van der Waals surface area contributed by atoms with Crippen LogP contribution in [0.2, 0.25) is 0 Å². The maximum atomic E-state index is 4.46. The first kappa shape index (κ1) is 11.3. The Morgan fingerprint density at radius 1 is 1.38 bits per heavy atom. The van der Waals surface area contributed by atoms with Gasteiger partial charge in [-0.05, 0) is 19.9 Å². The zero-order valence-electron chi connectivity index (χ0n) is 9.34. The van der Waals surface area contributed by atoms with Crippen LogP contribution in [0.4, 0.5) is 0 Å². The van der Waals surface area contributed by atoms with Crippen molar-refractivity contribution in [1.82, 2.24) is 24.8 Å². The van der Waals surface area contributed by atoms with Gasteiger partial charge in [0.25, 0.3) is 0 Å². The van der Waals surface area contributed by atoms with Gasteiger partial charge in [0.2, 0.25) is 0 Å². The zero-order valence-corrected chi connectivity index (χ0v) is 10.9. The average Bonchev–Trinajstić information content (AvgIpc) is 2.87. The van der Waals surface area contributed by atoms with Crippen molar-refractivity contribution in [2.24, 2.45) is 0 Å². The molecule has 2 heterocycles. The molecule has 5 nitrogen and oxygen atoms in total. The third kappa shape index (κ3) is 2.49. The second kappa shape index (κ2) is 4.78. The Labute approximate surface area is 103 Å². The van der Waals surface area contributed by atoms with Gasteiger partial charge in [0, 0.05) is 23.8 Å². The molecule has 0 N–H and O–H groups in total. The van der Waals surface area contributed by atoms with Crippen LogP contribution in [0.1, 0.15) is 31.3 Å². The normalized spacial score (nSPS) is 11.2. The van der Waals surface area contributed by atoms with Gasteiger partial charge < -0.3 is 0 Å². The predicted molar refractivity (Wildman–Crippen MR) is 64.4 cm³/mol. The molecule has 0 aromatic carbocycles. The van der Waals surface area contributed by atoms with E-state index in [2.05, 4.69) is 45.2 Å². The molecule has 86 valence electrons. The van der Waals surface area contributed by atoms with Gasteiger partial charge in [-0.1, -0.05) is 21.1 Å². The smallest absolute Gasteiger partial charge is 0.0932 e. The molecule has 0 spiro atoms. The van der Waals surface area contributed by atoms with Gasteiger partial charge in [-0.15, -0.1) is 5.10 Å². The van der Waals surface area contributed by atoms with E-state index in [0.29, 0.717) is 12.6 Å². The molecule has 0 radical (unpaired) electrons. The van der Waals surface area contributed by atoms with Gasteiger partial charge in [0.05, 0.1) is 17.9 Å². The number of nitrogens with zero attached hydrogens (tertiary/aromatic N) is 5. The summed E-state index contributed by atoms with van der Waals surface area (Å²) in [6.07, 6.45) is 3.91. The number of hydrogen-bond donors (Lipinski definition) is 0. The lowest BCUT2D eigenvalue weighted by Crippen LogP contribution is -2.05. The van der Waals surface area contributed by atoms with Gasteiger partial charge in [-0.3, -0.25) is 4.68 Å². The van der Waals surface area contributed by atoms with Crippen molar-refractivity contribution >= 4 is 15.9 Å². The van der Waals surface area contributed by atoms with E-state index in [0.717, 1.165) is 16.7 Å². The van der Waals surface area contributed by atoms with E-state index >= 15 is 0 Å². The Bertz CT molecular complexity index is 459. The second-order valence-electron chi connectivity index (χ2n) is 3.92. The first-order chi connectivity index (χ1) is 7.69. The molecule has 0 aliphatic rings. The second-order valence-corrected chi connectivity index (χ2v) is 4.48. The van der Waals surface area contributed by atoms with E-state index in [4.69, 9.17) is 0 Å². The Balaban J connectivity index is 2.08. The lowest BCUT2D eigenvalue weighted by molar-refractivity contribution is 0.519. The fraction of sp³-hybridized carbons (Fsp3) is 0.500. The van der Waals surface area contributed by atoms with Crippen LogP contribution in [0.15, 0.2) is 18.5 Å². The lowest BCUT2D eigenvalue weighted by Gasteiger charge is -2.03. The maximum absolute atomic E-state index is 4.46. The summed E-state index contributed by atoms with van der Waals surface area (Å²) in [5.41, 5.74) is 1.93. The SMILES string of the molecule is CC(C)n1ccc(Cn2cc(CBr)nn2)n1. The Morgan fingerprint density at radius 2 is 2.19 bits per heavy atom. The third-order valence-corrected chi connectivity index (χ3v) is 2.81. The van der Waals surface area contributed by atoms with E-state index < -0.39 is 0 Å². The number of alkyl halides is 1. The van der Waals surface area contributed by atoms with Crippen LogP contribution in [0.5, 0.6) is 0 Å². The molecule has 0 unspecified atom stereocenters. The monoisotopic (exact) mass is 283 g/mol. The van der Waals surface area contributed by atoms with Crippen LogP contribution in [0, 0.1) is 0 Å². The summed E-state index contributed by atoms with van der Waals surface area (Å²) in [4.78, 5) is 0. The van der Waals surface area contributed by atoms with Crippen molar-refractivity contribution in [1.29, 1.82) is 0 Å². The first-order valence-electron chi connectivity index (χ1n) is 5.18. The van der Waals surface area contributed by atoms with Crippen molar-refractivity contribution in [3.05, 3.63) is 29.8 Å². The maximum Gasteiger partial charge on any atom is 0.0932 e. The summed E-state index contributed by atoms with van der Waals surface area (Å²) in [5.74, 6) is 0. The van der Waals surface area contributed by atoms with Gasteiger partial charge in [-0.25, -0.2) is 4.68 Å². The van der Waals surface area contributed by atoms with Crippen LogP contribution in [-0.4, -0.2) is 24.8 Å².